The lowest BCUT2D eigenvalue weighted by molar-refractivity contribution is 0.499. The molecule has 0 aromatic carbocycles. The monoisotopic (exact) mass is 262 g/mol. The first-order valence-electron chi connectivity index (χ1n) is 2.89. The van der Waals surface area contributed by atoms with Gasteiger partial charge in [0.15, 0.2) is 5.76 Å². The lowest BCUT2D eigenvalue weighted by atomic mass is 10.5. The average Bonchev–Trinajstić information content (AvgIpc) is 2.55. The molecular weight excluding hydrogens is 259 g/mol. The SMILES string of the molecule is Ic1nnc(-c2ccco2)o1. The molecule has 0 atom stereocenters. The summed E-state index contributed by atoms with van der Waals surface area (Å²) in [5.74, 6) is 1.01. The van der Waals surface area contributed by atoms with Gasteiger partial charge in [0.05, 0.1) is 6.26 Å². The van der Waals surface area contributed by atoms with Crippen LogP contribution < -0.4 is 0 Å². The number of hydrogen-bond donors (Lipinski definition) is 0. The molecule has 0 spiro atoms. The van der Waals surface area contributed by atoms with Gasteiger partial charge in [0.25, 0.3) is 9.79 Å². The topological polar surface area (TPSA) is 52.1 Å². The van der Waals surface area contributed by atoms with E-state index in [0.29, 0.717) is 15.5 Å². The smallest absolute Gasteiger partial charge is 0.284 e. The first kappa shape index (κ1) is 6.84. The van der Waals surface area contributed by atoms with Crippen LogP contribution in [0.3, 0.4) is 0 Å². The van der Waals surface area contributed by atoms with Crippen molar-refractivity contribution in [3.8, 4) is 11.7 Å². The van der Waals surface area contributed by atoms with Crippen molar-refractivity contribution in [2.24, 2.45) is 0 Å². The second-order valence-corrected chi connectivity index (χ2v) is 2.76. The van der Waals surface area contributed by atoms with E-state index >= 15 is 0 Å². The average molecular weight is 262 g/mol. The maximum atomic E-state index is 5.10. The second kappa shape index (κ2) is 2.65. The zero-order valence-corrected chi connectivity index (χ0v) is 7.48. The highest BCUT2D eigenvalue weighted by Crippen LogP contribution is 2.17. The van der Waals surface area contributed by atoms with Crippen molar-refractivity contribution in [1.82, 2.24) is 10.2 Å². The van der Waals surface area contributed by atoms with Gasteiger partial charge in [0.1, 0.15) is 0 Å². The molecule has 11 heavy (non-hydrogen) atoms. The highest BCUT2D eigenvalue weighted by atomic mass is 127. The Kier molecular flexibility index (Phi) is 1.65. The second-order valence-electron chi connectivity index (χ2n) is 1.84. The van der Waals surface area contributed by atoms with E-state index < -0.39 is 0 Å². The van der Waals surface area contributed by atoms with Gasteiger partial charge < -0.3 is 8.83 Å². The molecule has 0 aliphatic carbocycles. The van der Waals surface area contributed by atoms with E-state index in [1.165, 1.54) is 0 Å². The molecule has 2 heterocycles. The third-order valence-corrected chi connectivity index (χ3v) is 1.57. The van der Waals surface area contributed by atoms with Crippen molar-refractivity contribution >= 4 is 22.6 Å². The van der Waals surface area contributed by atoms with E-state index in [1.807, 2.05) is 22.6 Å². The van der Waals surface area contributed by atoms with Gasteiger partial charge in [-0.2, -0.15) is 0 Å². The molecule has 2 aromatic heterocycles. The van der Waals surface area contributed by atoms with Gasteiger partial charge in [0, 0.05) is 22.6 Å². The largest absolute Gasteiger partial charge is 0.459 e. The van der Waals surface area contributed by atoms with E-state index in [9.17, 15) is 0 Å². The molecule has 5 heteroatoms. The lowest BCUT2D eigenvalue weighted by Gasteiger charge is -1.82. The molecule has 0 aliphatic heterocycles. The van der Waals surface area contributed by atoms with Crippen LogP contribution in [0.4, 0.5) is 0 Å². The van der Waals surface area contributed by atoms with Crippen LogP contribution in [0, 0.1) is 3.90 Å². The first-order chi connectivity index (χ1) is 5.36. The molecule has 0 saturated heterocycles. The summed E-state index contributed by atoms with van der Waals surface area (Å²) < 4.78 is 10.6. The van der Waals surface area contributed by atoms with E-state index in [0.717, 1.165) is 0 Å². The molecule has 0 bridgehead atoms. The Morgan fingerprint density at radius 1 is 1.36 bits per heavy atom. The summed E-state index contributed by atoms with van der Waals surface area (Å²) in [5, 5.41) is 7.42. The maximum Gasteiger partial charge on any atom is 0.284 e. The minimum Gasteiger partial charge on any atom is -0.459 e. The molecule has 0 fully saturated rings. The van der Waals surface area contributed by atoms with Crippen LogP contribution in [-0.2, 0) is 0 Å². The summed E-state index contributed by atoms with van der Waals surface area (Å²) in [5.41, 5.74) is 0. The predicted octanol–water partition coefficient (Wildman–Crippen LogP) is 1.93. The summed E-state index contributed by atoms with van der Waals surface area (Å²) in [7, 11) is 0. The number of halogens is 1. The molecule has 0 amide bonds. The third kappa shape index (κ3) is 1.28. The maximum absolute atomic E-state index is 5.10. The van der Waals surface area contributed by atoms with Crippen molar-refractivity contribution in [1.29, 1.82) is 0 Å². The molecule has 0 radical (unpaired) electrons. The van der Waals surface area contributed by atoms with Gasteiger partial charge in [0.2, 0.25) is 0 Å². The zero-order chi connectivity index (χ0) is 7.68. The van der Waals surface area contributed by atoms with Crippen LogP contribution in [0.2, 0.25) is 0 Å². The van der Waals surface area contributed by atoms with Crippen LogP contribution in [0.15, 0.2) is 27.2 Å². The van der Waals surface area contributed by atoms with Crippen molar-refractivity contribution in [3.05, 3.63) is 22.3 Å². The Balaban J connectivity index is 2.45. The summed E-state index contributed by atoms with van der Waals surface area (Å²) in [4.78, 5) is 0. The van der Waals surface area contributed by atoms with Gasteiger partial charge in [-0.15, -0.1) is 10.2 Å². The summed E-state index contributed by atoms with van der Waals surface area (Å²) in [6.07, 6.45) is 1.56. The molecule has 2 rings (SSSR count). The number of aromatic nitrogens is 2. The van der Waals surface area contributed by atoms with Crippen LogP contribution in [0.1, 0.15) is 0 Å². The number of hydrogen-bond acceptors (Lipinski definition) is 4. The first-order valence-corrected chi connectivity index (χ1v) is 3.97. The predicted molar refractivity (Wildman–Crippen MR) is 44.7 cm³/mol. The summed E-state index contributed by atoms with van der Waals surface area (Å²) in [6, 6.07) is 3.54. The fourth-order valence-corrected chi connectivity index (χ4v) is 1.02. The Morgan fingerprint density at radius 2 is 2.27 bits per heavy atom. The summed E-state index contributed by atoms with van der Waals surface area (Å²) in [6.45, 7) is 0. The van der Waals surface area contributed by atoms with Crippen molar-refractivity contribution in [2.75, 3.05) is 0 Å². The Bertz CT molecular complexity index is 341. The molecule has 0 aliphatic rings. The minimum atomic E-state index is 0.416. The van der Waals surface area contributed by atoms with Crippen molar-refractivity contribution in [2.45, 2.75) is 0 Å². The molecule has 0 N–H and O–H groups in total. The zero-order valence-electron chi connectivity index (χ0n) is 5.32. The fourth-order valence-electron chi connectivity index (χ4n) is 0.705. The van der Waals surface area contributed by atoms with Gasteiger partial charge in [-0.3, -0.25) is 0 Å². The molecule has 2 aromatic rings. The fraction of sp³-hybridized carbons (Fsp3) is 0. The molecule has 0 saturated carbocycles. The lowest BCUT2D eigenvalue weighted by Crippen LogP contribution is -1.71. The van der Waals surface area contributed by atoms with Crippen molar-refractivity contribution < 1.29 is 8.83 Å². The van der Waals surface area contributed by atoms with Crippen LogP contribution in [0.25, 0.3) is 11.7 Å². The van der Waals surface area contributed by atoms with Crippen LogP contribution in [0.5, 0.6) is 0 Å². The number of rotatable bonds is 1. The van der Waals surface area contributed by atoms with E-state index in [4.69, 9.17) is 8.83 Å². The normalized spacial score (nSPS) is 10.3. The third-order valence-electron chi connectivity index (χ3n) is 1.13. The van der Waals surface area contributed by atoms with E-state index in [-0.39, 0.29) is 0 Å². The van der Waals surface area contributed by atoms with Crippen LogP contribution in [-0.4, -0.2) is 10.2 Å². The van der Waals surface area contributed by atoms with E-state index in [2.05, 4.69) is 10.2 Å². The Morgan fingerprint density at radius 3 is 2.82 bits per heavy atom. The number of furan rings is 1. The van der Waals surface area contributed by atoms with Crippen molar-refractivity contribution in [3.63, 3.8) is 0 Å². The highest BCUT2D eigenvalue weighted by molar-refractivity contribution is 14.1. The van der Waals surface area contributed by atoms with Gasteiger partial charge in [-0.25, -0.2) is 0 Å². The molecule has 4 nitrogen and oxygen atoms in total. The Hall–Kier alpha value is -0.850. The molecular formula is C6H3IN2O2. The van der Waals surface area contributed by atoms with Gasteiger partial charge in [-0.05, 0) is 12.1 Å². The molecule has 0 unspecified atom stereocenters. The summed E-state index contributed by atoms with van der Waals surface area (Å²) >= 11 is 1.94. The van der Waals surface area contributed by atoms with E-state index in [1.54, 1.807) is 18.4 Å². The molecule has 56 valence electrons. The van der Waals surface area contributed by atoms with Gasteiger partial charge in [-0.1, -0.05) is 0 Å². The Labute approximate surface area is 75.7 Å². The highest BCUT2D eigenvalue weighted by Gasteiger charge is 2.07. The minimum absolute atomic E-state index is 0.416. The van der Waals surface area contributed by atoms with Gasteiger partial charge >= 0.3 is 0 Å². The quantitative estimate of drug-likeness (QED) is 0.737. The standard InChI is InChI=1S/C6H3IN2O2/c7-6-9-8-5(11-6)4-2-1-3-10-4/h1-3H. The van der Waals surface area contributed by atoms with Crippen LogP contribution >= 0.6 is 22.6 Å². The number of nitrogens with zero attached hydrogens (tertiary/aromatic N) is 2.